The first-order valence-electron chi connectivity index (χ1n) is 6.54. The highest BCUT2D eigenvalue weighted by atomic mass is 32.2. The summed E-state index contributed by atoms with van der Waals surface area (Å²) in [5.74, 6) is 0.00362. The topological polar surface area (TPSA) is 46.9 Å². The molecule has 1 amide bonds. The molecule has 0 saturated carbocycles. The summed E-state index contributed by atoms with van der Waals surface area (Å²) in [6, 6.07) is 9.84. The number of thioether (sulfide) groups is 1. The van der Waals surface area contributed by atoms with Gasteiger partial charge < -0.3 is 5.32 Å². The summed E-state index contributed by atoms with van der Waals surface area (Å²) in [6.07, 6.45) is 4.33. The van der Waals surface area contributed by atoms with E-state index in [1.165, 1.54) is 0 Å². The number of aromatic nitrogens is 2. The van der Waals surface area contributed by atoms with Crippen LogP contribution in [0.1, 0.15) is 25.1 Å². The number of nitrogens with one attached hydrogen (secondary N) is 1. The maximum absolute atomic E-state index is 12.0. The van der Waals surface area contributed by atoms with Crippen molar-refractivity contribution >= 4 is 23.4 Å². The summed E-state index contributed by atoms with van der Waals surface area (Å²) in [5.41, 5.74) is 1.80. The van der Waals surface area contributed by atoms with E-state index in [2.05, 4.69) is 10.4 Å². The molecule has 1 aromatic carbocycles. The predicted octanol–water partition coefficient (Wildman–Crippen LogP) is 3.50. The molecule has 0 aliphatic heterocycles. The molecule has 0 aliphatic carbocycles. The van der Waals surface area contributed by atoms with Crippen LogP contribution in [0.2, 0.25) is 0 Å². The molecule has 1 unspecified atom stereocenters. The van der Waals surface area contributed by atoms with Crippen LogP contribution < -0.4 is 5.32 Å². The molecule has 1 N–H and O–H groups in total. The predicted molar refractivity (Wildman–Crippen MR) is 83.1 cm³/mol. The highest BCUT2D eigenvalue weighted by Crippen LogP contribution is 2.19. The molecule has 1 heterocycles. The van der Waals surface area contributed by atoms with Gasteiger partial charge in [0.1, 0.15) is 0 Å². The molecule has 106 valence electrons. The molecular formula is C15H19N3OS. The Labute approximate surface area is 123 Å². The fourth-order valence-electron chi connectivity index (χ4n) is 1.95. The summed E-state index contributed by atoms with van der Waals surface area (Å²) < 4.78 is 1.83. The Morgan fingerprint density at radius 2 is 2.25 bits per heavy atom. The molecule has 4 nitrogen and oxygen atoms in total. The SMILES string of the molecule is CSc1cccc(NC(=O)CC(C)n2ccc(C)n2)c1. The van der Waals surface area contributed by atoms with Crippen molar-refractivity contribution in [3.8, 4) is 0 Å². The van der Waals surface area contributed by atoms with Crippen LogP contribution in [0.3, 0.4) is 0 Å². The van der Waals surface area contributed by atoms with Crippen LogP contribution in [-0.4, -0.2) is 21.9 Å². The maximum Gasteiger partial charge on any atom is 0.226 e. The fraction of sp³-hybridized carbons (Fsp3) is 0.333. The largest absolute Gasteiger partial charge is 0.326 e. The number of rotatable bonds is 5. The number of amides is 1. The Bertz CT molecular complexity index is 594. The van der Waals surface area contributed by atoms with E-state index in [0.717, 1.165) is 16.3 Å². The number of nitrogens with zero attached hydrogens (tertiary/aromatic N) is 2. The van der Waals surface area contributed by atoms with E-state index in [-0.39, 0.29) is 11.9 Å². The van der Waals surface area contributed by atoms with E-state index in [4.69, 9.17) is 0 Å². The smallest absolute Gasteiger partial charge is 0.226 e. The van der Waals surface area contributed by atoms with Crippen LogP contribution in [0.15, 0.2) is 41.4 Å². The third kappa shape index (κ3) is 3.87. The van der Waals surface area contributed by atoms with E-state index < -0.39 is 0 Å². The average Bonchev–Trinajstić information content (AvgIpc) is 2.85. The van der Waals surface area contributed by atoms with Crippen molar-refractivity contribution in [2.45, 2.75) is 31.2 Å². The third-order valence-electron chi connectivity index (χ3n) is 3.03. The van der Waals surface area contributed by atoms with E-state index in [0.29, 0.717) is 6.42 Å². The zero-order valence-corrected chi connectivity index (χ0v) is 12.8. The van der Waals surface area contributed by atoms with Gasteiger partial charge in [-0.25, -0.2) is 0 Å². The minimum atomic E-state index is 0.00362. The molecule has 0 fully saturated rings. The van der Waals surface area contributed by atoms with Crippen molar-refractivity contribution < 1.29 is 4.79 Å². The van der Waals surface area contributed by atoms with Crippen molar-refractivity contribution in [1.82, 2.24) is 9.78 Å². The monoisotopic (exact) mass is 289 g/mol. The van der Waals surface area contributed by atoms with Crippen LogP contribution in [0.25, 0.3) is 0 Å². The molecule has 2 aromatic rings. The number of aryl methyl sites for hydroxylation is 1. The van der Waals surface area contributed by atoms with Crippen molar-refractivity contribution in [2.24, 2.45) is 0 Å². The van der Waals surface area contributed by atoms with Gasteiger partial charge in [-0.3, -0.25) is 9.48 Å². The number of carbonyl (C=O) groups is 1. The van der Waals surface area contributed by atoms with Gasteiger partial charge >= 0.3 is 0 Å². The first-order valence-corrected chi connectivity index (χ1v) is 7.76. The zero-order chi connectivity index (χ0) is 14.5. The van der Waals surface area contributed by atoms with E-state index >= 15 is 0 Å². The van der Waals surface area contributed by atoms with Crippen LogP contribution in [0.5, 0.6) is 0 Å². The van der Waals surface area contributed by atoms with Gasteiger partial charge in [-0.05, 0) is 44.4 Å². The Balaban J connectivity index is 1.95. The number of hydrogen-bond acceptors (Lipinski definition) is 3. The third-order valence-corrected chi connectivity index (χ3v) is 3.75. The second kappa shape index (κ2) is 6.61. The van der Waals surface area contributed by atoms with Crippen molar-refractivity contribution in [3.05, 3.63) is 42.2 Å². The van der Waals surface area contributed by atoms with Crippen LogP contribution in [-0.2, 0) is 4.79 Å². The van der Waals surface area contributed by atoms with Crippen LogP contribution in [0.4, 0.5) is 5.69 Å². The van der Waals surface area contributed by atoms with Gasteiger partial charge in [-0.2, -0.15) is 5.10 Å². The summed E-state index contributed by atoms with van der Waals surface area (Å²) in [4.78, 5) is 13.2. The standard InChI is InChI=1S/C15H19N3OS/c1-11-7-8-18(17-11)12(2)9-15(19)16-13-5-4-6-14(10-13)20-3/h4-8,10,12H,9H2,1-3H3,(H,16,19). The normalized spacial score (nSPS) is 12.2. The summed E-state index contributed by atoms with van der Waals surface area (Å²) in [6.45, 7) is 3.93. The molecular weight excluding hydrogens is 270 g/mol. The lowest BCUT2D eigenvalue weighted by Gasteiger charge is -2.12. The number of benzene rings is 1. The Hall–Kier alpha value is -1.75. The highest BCUT2D eigenvalue weighted by Gasteiger charge is 2.11. The number of anilines is 1. The molecule has 0 saturated heterocycles. The summed E-state index contributed by atoms with van der Waals surface area (Å²) in [5, 5.41) is 7.26. The maximum atomic E-state index is 12.0. The fourth-order valence-corrected chi connectivity index (χ4v) is 2.41. The first kappa shape index (κ1) is 14.7. The number of hydrogen-bond donors (Lipinski definition) is 1. The molecule has 1 atom stereocenters. The minimum Gasteiger partial charge on any atom is -0.326 e. The van der Waals surface area contributed by atoms with Gasteiger partial charge in [-0.15, -0.1) is 11.8 Å². The summed E-state index contributed by atoms with van der Waals surface area (Å²) >= 11 is 1.66. The molecule has 0 aliphatic rings. The van der Waals surface area contributed by atoms with E-state index in [1.807, 2.05) is 61.3 Å². The van der Waals surface area contributed by atoms with Gasteiger partial charge in [0, 0.05) is 23.2 Å². The average molecular weight is 289 g/mol. The van der Waals surface area contributed by atoms with Gasteiger partial charge in [0.2, 0.25) is 5.91 Å². The van der Waals surface area contributed by atoms with Gasteiger partial charge in [0.05, 0.1) is 11.7 Å². The molecule has 20 heavy (non-hydrogen) atoms. The molecule has 1 aromatic heterocycles. The molecule has 0 bridgehead atoms. The van der Waals surface area contributed by atoms with Crippen molar-refractivity contribution in [2.75, 3.05) is 11.6 Å². The Morgan fingerprint density at radius 3 is 2.90 bits per heavy atom. The second-order valence-electron chi connectivity index (χ2n) is 4.77. The van der Waals surface area contributed by atoms with Crippen molar-refractivity contribution in [1.29, 1.82) is 0 Å². The number of carbonyl (C=O) groups excluding carboxylic acids is 1. The lowest BCUT2D eigenvalue weighted by Crippen LogP contribution is -2.18. The van der Waals surface area contributed by atoms with E-state index in [9.17, 15) is 4.79 Å². The van der Waals surface area contributed by atoms with Crippen molar-refractivity contribution in [3.63, 3.8) is 0 Å². The van der Waals surface area contributed by atoms with Gasteiger partial charge in [0.25, 0.3) is 0 Å². The van der Waals surface area contributed by atoms with Gasteiger partial charge in [0.15, 0.2) is 0 Å². The Morgan fingerprint density at radius 1 is 1.45 bits per heavy atom. The van der Waals surface area contributed by atoms with E-state index in [1.54, 1.807) is 11.8 Å². The lowest BCUT2D eigenvalue weighted by atomic mass is 10.2. The quantitative estimate of drug-likeness (QED) is 0.857. The highest BCUT2D eigenvalue weighted by molar-refractivity contribution is 7.98. The molecule has 5 heteroatoms. The molecule has 0 spiro atoms. The first-order chi connectivity index (χ1) is 9.58. The van der Waals surface area contributed by atoms with Crippen LogP contribution >= 0.6 is 11.8 Å². The Kier molecular flexibility index (Phi) is 4.84. The molecule has 2 rings (SSSR count). The van der Waals surface area contributed by atoms with Gasteiger partial charge in [-0.1, -0.05) is 6.07 Å². The summed E-state index contributed by atoms with van der Waals surface area (Å²) in [7, 11) is 0. The second-order valence-corrected chi connectivity index (χ2v) is 5.65. The minimum absolute atomic E-state index is 0.00362. The zero-order valence-electron chi connectivity index (χ0n) is 12.0. The van der Waals surface area contributed by atoms with Crippen LogP contribution in [0, 0.1) is 6.92 Å². The molecule has 0 radical (unpaired) electrons. The lowest BCUT2D eigenvalue weighted by molar-refractivity contribution is -0.116.